The summed E-state index contributed by atoms with van der Waals surface area (Å²) in [6.07, 6.45) is 0. The largest absolute Gasteiger partial charge is 0.312 e. The third kappa shape index (κ3) is 3.84. The number of anilines is 1. The minimum atomic E-state index is -1.13. The maximum Gasteiger partial charge on any atom is 0.312 e. The Morgan fingerprint density at radius 2 is 1.35 bits per heavy atom. The molecule has 0 bridgehead atoms. The van der Waals surface area contributed by atoms with Crippen molar-refractivity contribution in [1.29, 1.82) is 0 Å². The van der Waals surface area contributed by atoms with Crippen molar-refractivity contribution in [3.05, 3.63) is 52.6 Å². The summed E-state index contributed by atoms with van der Waals surface area (Å²) >= 11 is 0. The standard InChI is InChI=1S/C10H11N5O8/c1-6(2)5-11(15(22)23)10-8(13(18)19)3-7(12(16)17)4-9(10)14(20)21/h3-4,6H,5H2,1-2H3. The van der Waals surface area contributed by atoms with Crippen LogP contribution in [0.5, 0.6) is 0 Å². The number of rotatable bonds is 7. The normalized spacial score (nSPS) is 10.4. The van der Waals surface area contributed by atoms with Gasteiger partial charge in [-0.15, -0.1) is 0 Å². The first-order valence-electron chi connectivity index (χ1n) is 6.09. The van der Waals surface area contributed by atoms with E-state index in [1.54, 1.807) is 13.8 Å². The molecule has 0 aliphatic rings. The average molecular weight is 329 g/mol. The second kappa shape index (κ2) is 6.59. The van der Waals surface area contributed by atoms with Crippen LogP contribution in [0.3, 0.4) is 0 Å². The van der Waals surface area contributed by atoms with E-state index >= 15 is 0 Å². The summed E-state index contributed by atoms with van der Waals surface area (Å²) in [6.45, 7) is 2.78. The van der Waals surface area contributed by atoms with Gasteiger partial charge in [-0.2, -0.15) is 0 Å². The molecule has 1 rings (SSSR count). The van der Waals surface area contributed by atoms with Crippen LogP contribution in [-0.4, -0.2) is 26.3 Å². The molecule has 0 fully saturated rings. The van der Waals surface area contributed by atoms with Crippen molar-refractivity contribution in [2.45, 2.75) is 13.8 Å². The van der Waals surface area contributed by atoms with Gasteiger partial charge >= 0.3 is 11.4 Å². The Balaban J connectivity index is 3.78. The van der Waals surface area contributed by atoms with Gasteiger partial charge in [-0.25, -0.2) is 10.1 Å². The molecule has 0 radical (unpaired) electrons. The van der Waals surface area contributed by atoms with E-state index in [0.717, 1.165) is 0 Å². The zero-order valence-corrected chi connectivity index (χ0v) is 11.9. The maximum absolute atomic E-state index is 11.2. The molecule has 0 N–H and O–H groups in total. The van der Waals surface area contributed by atoms with Crippen LogP contribution in [0.25, 0.3) is 0 Å². The van der Waals surface area contributed by atoms with Crippen LogP contribution < -0.4 is 5.01 Å². The van der Waals surface area contributed by atoms with Gasteiger partial charge in [0.1, 0.15) is 0 Å². The van der Waals surface area contributed by atoms with Crippen LogP contribution in [0.15, 0.2) is 12.1 Å². The molecule has 0 aromatic heterocycles. The first-order valence-corrected chi connectivity index (χ1v) is 6.09. The van der Waals surface area contributed by atoms with Crippen LogP contribution >= 0.6 is 0 Å². The van der Waals surface area contributed by atoms with Gasteiger partial charge < -0.3 is 0 Å². The Kier molecular flexibility index (Phi) is 5.06. The predicted octanol–water partition coefficient (Wildman–Crippen LogP) is 2.07. The summed E-state index contributed by atoms with van der Waals surface area (Å²) < 4.78 is 0. The van der Waals surface area contributed by atoms with Crippen molar-refractivity contribution >= 4 is 22.7 Å². The molecule has 0 saturated heterocycles. The summed E-state index contributed by atoms with van der Waals surface area (Å²) in [5.41, 5.74) is -3.96. The summed E-state index contributed by atoms with van der Waals surface area (Å²) in [5.74, 6) is -0.352. The van der Waals surface area contributed by atoms with Crippen LogP contribution in [0, 0.1) is 46.4 Å². The first kappa shape index (κ1) is 17.7. The van der Waals surface area contributed by atoms with Gasteiger partial charge in [0.25, 0.3) is 11.4 Å². The molecule has 23 heavy (non-hydrogen) atoms. The second-order valence-corrected chi connectivity index (χ2v) is 4.82. The maximum atomic E-state index is 11.2. The Labute approximate surface area is 127 Å². The van der Waals surface area contributed by atoms with Crippen molar-refractivity contribution < 1.29 is 19.8 Å². The van der Waals surface area contributed by atoms with Crippen LogP contribution in [0.2, 0.25) is 0 Å². The highest BCUT2D eigenvalue weighted by molar-refractivity contribution is 5.77. The van der Waals surface area contributed by atoms with Crippen molar-refractivity contribution in [3.63, 3.8) is 0 Å². The molecule has 13 nitrogen and oxygen atoms in total. The number of benzene rings is 1. The lowest BCUT2D eigenvalue weighted by Gasteiger charge is -2.16. The van der Waals surface area contributed by atoms with E-state index in [4.69, 9.17) is 0 Å². The number of non-ortho nitro benzene ring substituents is 1. The van der Waals surface area contributed by atoms with E-state index in [2.05, 4.69) is 0 Å². The van der Waals surface area contributed by atoms with Crippen molar-refractivity contribution in [2.75, 3.05) is 11.6 Å². The topological polar surface area (TPSA) is 176 Å². The molecular weight excluding hydrogens is 318 g/mol. The van der Waals surface area contributed by atoms with E-state index < -0.39 is 42.6 Å². The number of nitro groups is 4. The van der Waals surface area contributed by atoms with Crippen LogP contribution in [-0.2, 0) is 0 Å². The lowest BCUT2D eigenvalue weighted by Crippen LogP contribution is -2.34. The summed E-state index contributed by atoms with van der Waals surface area (Å²) in [4.78, 5) is 40.8. The van der Waals surface area contributed by atoms with Crippen molar-refractivity contribution in [3.8, 4) is 0 Å². The Hall–Kier alpha value is -3.38. The fourth-order valence-electron chi connectivity index (χ4n) is 1.82. The minimum absolute atomic E-state index is 0.255. The van der Waals surface area contributed by atoms with Crippen LogP contribution in [0.1, 0.15) is 13.8 Å². The van der Waals surface area contributed by atoms with Gasteiger partial charge in [-0.05, 0) is 5.92 Å². The molecule has 1 aromatic carbocycles. The minimum Gasteiger partial charge on any atom is -0.258 e. The third-order valence-electron chi connectivity index (χ3n) is 2.65. The van der Waals surface area contributed by atoms with Gasteiger partial charge in [-0.1, -0.05) is 18.9 Å². The molecule has 0 aliphatic heterocycles. The predicted molar refractivity (Wildman–Crippen MR) is 75.6 cm³/mol. The molecular formula is C10H11N5O8. The summed E-state index contributed by atoms with van der Waals surface area (Å²) in [5, 5.41) is 43.3. The second-order valence-electron chi connectivity index (χ2n) is 4.82. The molecule has 0 heterocycles. The van der Waals surface area contributed by atoms with E-state index in [9.17, 15) is 40.5 Å². The fourth-order valence-corrected chi connectivity index (χ4v) is 1.82. The SMILES string of the molecule is CC(C)CN(c1c([N+](=O)[O-])cc([N+](=O)[O-])cc1[N+](=O)[O-])[N+](=O)[O-]. The molecule has 0 amide bonds. The highest BCUT2D eigenvalue weighted by atomic mass is 16.7. The van der Waals surface area contributed by atoms with Gasteiger partial charge in [0, 0.05) is 0 Å². The van der Waals surface area contributed by atoms with Crippen molar-refractivity contribution in [1.82, 2.24) is 0 Å². The summed E-state index contributed by atoms with van der Waals surface area (Å²) in [6, 6.07) is 0.915. The molecule has 0 saturated carbocycles. The number of hydrogen-bond acceptors (Lipinski definition) is 8. The lowest BCUT2D eigenvalue weighted by atomic mass is 10.1. The number of hydrazine groups is 1. The lowest BCUT2D eigenvalue weighted by molar-refractivity contribution is -0.498. The third-order valence-corrected chi connectivity index (χ3v) is 2.65. The van der Waals surface area contributed by atoms with Gasteiger partial charge in [0.15, 0.2) is 5.03 Å². The molecule has 124 valence electrons. The average Bonchev–Trinajstić information content (AvgIpc) is 2.42. The molecule has 0 spiro atoms. The quantitative estimate of drug-likeness (QED) is 0.535. The number of nitro benzene ring substituents is 3. The zero-order chi connectivity index (χ0) is 17.9. The van der Waals surface area contributed by atoms with E-state index in [0.29, 0.717) is 12.1 Å². The number of hydrogen-bond donors (Lipinski definition) is 0. The fraction of sp³-hybridized carbons (Fsp3) is 0.400. The van der Waals surface area contributed by atoms with Crippen molar-refractivity contribution in [2.24, 2.45) is 5.92 Å². The smallest absolute Gasteiger partial charge is 0.258 e. The zero-order valence-electron chi connectivity index (χ0n) is 11.9. The Morgan fingerprint density at radius 1 is 0.913 bits per heavy atom. The Morgan fingerprint density at radius 3 is 1.61 bits per heavy atom. The van der Waals surface area contributed by atoms with Gasteiger partial charge in [-0.3, -0.25) is 30.3 Å². The molecule has 0 unspecified atom stereocenters. The van der Waals surface area contributed by atoms with Gasteiger partial charge in [0.2, 0.25) is 0 Å². The molecule has 0 atom stereocenters. The molecule has 0 aliphatic carbocycles. The van der Waals surface area contributed by atoms with Crippen LogP contribution in [0.4, 0.5) is 22.7 Å². The highest BCUT2D eigenvalue weighted by Gasteiger charge is 2.39. The highest BCUT2D eigenvalue weighted by Crippen LogP contribution is 2.41. The van der Waals surface area contributed by atoms with E-state index in [1.165, 1.54) is 0 Å². The van der Waals surface area contributed by atoms with E-state index in [-0.39, 0.29) is 17.5 Å². The summed E-state index contributed by atoms with van der Waals surface area (Å²) in [7, 11) is 0. The van der Waals surface area contributed by atoms with Gasteiger partial charge in [0.05, 0.1) is 33.4 Å². The number of nitrogens with zero attached hydrogens (tertiary/aromatic N) is 5. The van der Waals surface area contributed by atoms with E-state index in [1.807, 2.05) is 0 Å². The first-order chi connectivity index (χ1) is 10.6. The Bertz CT molecular complexity index is 653. The molecule has 1 aromatic rings. The monoisotopic (exact) mass is 329 g/mol. The molecule has 13 heteroatoms.